The number of ether oxygens (including phenoxy) is 1. The molecular weight excluding hydrogens is 325 g/mol. The zero-order valence-electron chi connectivity index (χ0n) is 12.4. The number of benzene rings is 1. The second kappa shape index (κ2) is 9.49. The second-order valence-corrected chi connectivity index (χ2v) is 5.54. The number of primary amides is 1. The first-order valence-electron chi connectivity index (χ1n) is 7.10. The molecule has 4 nitrogen and oxygen atoms in total. The average molecular weight is 344 g/mol. The van der Waals surface area contributed by atoms with E-state index in [9.17, 15) is 9.59 Å². The third-order valence-electron chi connectivity index (χ3n) is 2.98. The van der Waals surface area contributed by atoms with Gasteiger partial charge in [-0.1, -0.05) is 61.5 Å². The minimum absolute atomic E-state index is 0.00971. The summed E-state index contributed by atoms with van der Waals surface area (Å²) in [6, 6.07) is 4.81. The quantitative estimate of drug-likeness (QED) is 0.440. The summed E-state index contributed by atoms with van der Waals surface area (Å²) < 4.78 is 5.18. The highest BCUT2D eigenvalue weighted by atomic mass is 35.5. The van der Waals surface area contributed by atoms with E-state index in [0.29, 0.717) is 5.56 Å². The Hall–Kier alpha value is -1.52. The second-order valence-electron chi connectivity index (χ2n) is 4.76. The van der Waals surface area contributed by atoms with Gasteiger partial charge in [-0.3, -0.25) is 4.79 Å². The number of carbonyl (C=O) groups excluding carboxylic acids is 2. The van der Waals surface area contributed by atoms with Crippen LogP contribution in [-0.2, 0) is 14.3 Å². The van der Waals surface area contributed by atoms with Gasteiger partial charge in [0.25, 0.3) is 0 Å². The van der Waals surface area contributed by atoms with Crippen molar-refractivity contribution in [2.75, 3.05) is 6.61 Å². The maximum atomic E-state index is 12.2. The molecule has 1 rings (SSSR count). The first-order valence-corrected chi connectivity index (χ1v) is 7.85. The van der Waals surface area contributed by atoms with Gasteiger partial charge in [0.05, 0.1) is 22.2 Å². The van der Waals surface area contributed by atoms with Gasteiger partial charge in [0.2, 0.25) is 5.91 Å². The molecule has 0 aromatic heterocycles. The van der Waals surface area contributed by atoms with Crippen LogP contribution < -0.4 is 5.73 Å². The molecule has 0 aliphatic carbocycles. The van der Waals surface area contributed by atoms with Gasteiger partial charge >= 0.3 is 5.97 Å². The van der Waals surface area contributed by atoms with Crippen molar-refractivity contribution in [1.29, 1.82) is 0 Å². The fourth-order valence-corrected chi connectivity index (χ4v) is 2.27. The Morgan fingerprint density at radius 3 is 2.59 bits per heavy atom. The predicted octanol–water partition coefficient (Wildman–Crippen LogP) is 3.99. The number of hydrogen-bond donors (Lipinski definition) is 1. The van der Waals surface area contributed by atoms with Crippen LogP contribution in [-0.4, -0.2) is 18.5 Å². The Kier molecular flexibility index (Phi) is 7.99. The van der Waals surface area contributed by atoms with Gasteiger partial charge in [0.1, 0.15) is 0 Å². The van der Waals surface area contributed by atoms with Crippen LogP contribution in [0.2, 0.25) is 10.0 Å². The number of hydrogen-bond acceptors (Lipinski definition) is 3. The third-order valence-corrected chi connectivity index (χ3v) is 3.80. The van der Waals surface area contributed by atoms with Gasteiger partial charge in [-0.05, 0) is 12.5 Å². The van der Waals surface area contributed by atoms with Crippen molar-refractivity contribution in [1.82, 2.24) is 0 Å². The summed E-state index contributed by atoms with van der Waals surface area (Å²) in [6.07, 6.45) is 4.94. The third kappa shape index (κ3) is 5.70. The molecule has 1 aromatic rings. The van der Waals surface area contributed by atoms with Gasteiger partial charge in [-0.2, -0.15) is 0 Å². The van der Waals surface area contributed by atoms with Crippen LogP contribution in [0, 0.1) is 0 Å². The number of amides is 1. The van der Waals surface area contributed by atoms with E-state index in [2.05, 4.69) is 6.92 Å². The summed E-state index contributed by atoms with van der Waals surface area (Å²) in [6.45, 7) is 2.38. The van der Waals surface area contributed by atoms with Gasteiger partial charge in [-0.25, -0.2) is 4.79 Å². The van der Waals surface area contributed by atoms with E-state index in [1.165, 1.54) is 0 Å². The van der Waals surface area contributed by atoms with E-state index in [0.717, 1.165) is 31.8 Å². The van der Waals surface area contributed by atoms with E-state index in [1.54, 1.807) is 18.2 Å². The topological polar surface area (TPSA) is 69.4 Å². The monoisotopic (exact) mass is 343 g/mol. The molecule has 1 aromatic carbocycles. The molecule has 0 aliphatic rings. The number of nitrogens with two attached hydrogens (primary N) is 1. The summed E-state index contributed by atoms with van der Waals surface area (Å²) in [4.78, 5) is 23.3. The van der Waals surface area contributed by atoms with Crippen LogP contribution >= 0.6 is 23.2 Å². The molecule has 22 heavy (non-hydrogen) atoms. The fourth-order valence-electron chi connectivity index (χ4n) is 1.87. The van der Waals surface area contributed by atoms with Crippen molar-refractivity contribution in [2.45, 2.75) is 32.6 Å². The van der Waals surface area contributed by atoms with E-state index >= 15 is 0 Å². The van der Waals surface area contributed by atoms with E-state index in [-0.39, 0.29) is 22.2 Å². The standard InChI is InChI=1S/C16H19Cl2NO3/c1-2-3-4-5-9-22-16(21)12(10-14(19)20)11-7-6-8-13(17)15(11)18/h6-8,10H,2-5,9H2,1H3,(H2,19,20)/b12-10-. The molecule has 0 saturated heterocycles. The van der Waals surface area contributed by atoms with Crippen LogP contribution in [0.3, 0.4) is 0 Å². The van der Waals surface area contributed by atoms with Crippen LogP contribution in [0.1, 0.15) is 38.2 Å². The Balaban J connectivity index is 2.88. The molecule has 0 heterocycles. The number of esters is 1. The number of rotatable bonds is 8. The van der Waals surface area contributed by atoms with E-state index < -0.39 is 11.9 Å². The van der Waals surface area contributed by atoms with Crippen LogP contribution in [0.15, 0.2) is 24.3 Å². The highest BCUT2D eigenvalue weighted by Crippen LogP contribution is 2.31. The van der Waals surface area contributed by atoms with Crippen molar-refractivity contribution in [2.24, 2.45) is 5.73 Å². The van der Waals surface area contributed by atoms with Gasteiger partial charge in [-0.15, -0.1) is 0 Å². The van der Waals surface area contributed by atoms with Crippen molar-refractivity contribution >= 4 is 40.7 Å². The van der Waals surface area contributed by atoms with E-state index in [1.807, 2.05) is 0 Å². The SMILES string of the molecule is CCCCCCOC(=O)/C(=C\C(N)=O)c1cccc(Cl)c1Cl. The lowest BCUT2D eigenvalue weighted by molar-refractivity contribution is -0.136. The summed E-state index contributed by atoms with van der Waals surface area (Å²) >= 11 is 12.0. The Bertz CT molecular complexity index is 571. The van der Waals surface area contributed by atoms with Crippen molar-refractivity contribution in [3.8, 4) is 0 Å². The Labute approximate surface area is 140 Å². The maximum absolute atomic E-state index is 12.2. The molecule has 0 spiro atoms. The molecule has 6 heteroatoms. The molecule has 1 amide bonds. The van der Waals surface area contributed by atoms with Crippen LogP contribution in [0.25, 0.3) is 5.57 Å². The average Bonchev–Trinajstić information content (AvgIpc) is 2.47. The minimum atomic E-state index is -0.756. The van der Waals surface area contributed by atoms with Crippen molar-refractivity contribution in [3.05, 3.63) is 39.9 Å². The molecule has 2 N–H and O–H groups in total. The lowest BCUT2D eigenvalue weighted by atomic mass is 10.1. The largest absolute Gasteiger partial charge is 0.462 e. The van der Waals surface area contributed by atoms with E-state index in [4.69, 9.17) is 33.7 Å². The number of unbranched alkanes of at least 4 members (excludes halogenated alkanes) is 3. The summed E-state index contributed by atoms with van der Waals surface area (Å²) in [5, 5.41) is 0.463. The molecular formula is C16H19Cl2NO3. The molecule has 0 atom stereocenters. The summed E-state index contributed by atoms with van der Waals surface area (Å²) in [5.41, 5.74) is 5.49. The first-order chi connectivity index (χ1) is 10.5. The normalized spacial score (nSPS) is 11.3. The van der Waals surface area contributed by atoms with Gasteiger partial charge < -0.3 is 10.5 Å². The van der Waals surface area contributed by atoms with Gasteiger partial charge in [0, 0.05) is 11.6 Å². The lowest BCUT2D eigenvalue weighted by Crippen LogP contribution is -2.14. The zero-order valence-corrected chi connectivity index (χ0v) is 13.9. The predicted molar refractivity (Wildman–Crippen MR) is 88.7 cm³/mol. The molecule has 0 saturated carbocycles. The Morgan fingerprint density at radius 2 is 1.95 bits per heavy atom. The summed E-state index contributed by atoms with van der Waals surface area (Å²) in [5.74, 6) is -1.39. The maximum Gasteiger partial charge on any atom is 0.338 e. The highest BCUT2D eigenvalue weighted by Gasteiger charge is 2.18. The molecule has 0 radical (unpaired) electrons. The lowest BCUT2D eigenvalue weighted by Gasteiger charge is -2.10. The van der Waals surface area contributed by atoms with Gasteiger partial charge in [0.15, 0.2) is 0 Å². The highest BCUT2D eigenvalue weighted by molar-refractivity contribution is 6.44. The molecule has 0 bridgehead atoms. The summed E-state index contributed by atoms with van der Waals surface area (Å²) in [7, 11) is 0. The molecule has 120 valence electrons. The Morgan fingerprint density at radius 1 is 1.23 bits per heavy atom. The van der Waals surface area contributed by atoms with Crippen LogP contribution in [0.5, 0.6) is 0 Å². The first kappa shape index (κ1) is 18.5. The van der Waals surface area contributed by atoms with Crippen molar-refractivity contribution < 1.29 is 14.3 Å². The minimum Gasteiger partial charge on any atom is -0.462 e. The fraction of sp³-hybridized carbons (Fsp3) is 0.375. The zero-order chi connectivity index (χ0) is 16.5. The number of carbonyl (C=O) groups is 2. The van der Waals surface area contributed by atoms with Crippen molar-refractivity contribution in [3.63, 3.8) is 0 Å². The molecule has 0 fully saturated rings. The number of halogens is 2. The van der Waals surface area contributed by atoms with Crippen LogP contribution in [0.4, 0.5) is 0 Å². The molecule has 0 aliphatic heterocycles. The smallest absolute Gasteiger partial charge is 0.338 e. The molecule has 0 unspecified atom stereocenters.